The molecule has 0 bridgehead atoms. The van der Waals surface area contributed by atoms with Gasteiger partial charge in [0.1, 0.15) is 0 Å². The van der Waals surface area contributed by atoms with E-state index >= 15 is 0 Å². The molecule has 2 atom stereocenters. The van der Waals surface area contributed by atoms with Crippen LogP contribution in [0, 0.1) is 17.6 Å². The van der Waals surface area contributed by atoms with Crippen molar-refractivity contribution in [2.75, 3.05) is 0 Å². The SMILES string of the molecule is CC[C@H]1C[C@@H]1c1ccc(F)c(F)c1. The van der Waals surface area contributed by atoms with Crippen molar-refractivity contribution in [2.24, 2.45) is 5.92 Å². The van der Waals surface area contributed by atoms with Gasteiger partial charge in [-0.25, -0.2) is 8.78 Å². The fourth-order valence-corrected chi connectivity index (χ4v) is 1.85. The summed E-state index contributed by atoms with van der Waals surface area (Å²) in [7, 11) is 0. The summed E-state index contributed by atoms with van der Waals surface area (Å²) in [4.78, 5) is 0. The van der Waals surface area contributed by atoms with E-state index in [0.717, 1.165) is 18.4 Å². The van der Waals surface area contributed by atoms with Crippen LogP contribution >= 0.6 is 0 Å². The zero-order valence-electron chi connectivity index (χ0n) is 7.56. The van der Waals surface area contributed by atoms with Crippen LogP contribution in [0.15, 0.2) is 18.2 Å². The molecule has 1 aromatic rings. The molecule has 1 saturated carbocycles. The van der Waals surface area contributed by atoms with E-state index in [0.29, 0.717) is 11.8 Å². The van der Waals surface area contributed by atoms with Crippen LogP contribution in [-0.2, 0) is 0 Å². The van der Waals surface area contributed by atoms with Gasteiger partial charge >= 0.3 is 0 Å². The second-order valence-corrected chi connectivity index (χ2v) is 3.68. The van der Waals surface area contributed by atoms with Crippen molar-refractivity contribution in [1.82, 2.24) is 0 Å². The van der Waals surface area contributed by atoms with Gasteiger partial charge in [0.25, 0.3) is 0 Å². The molecule has 1 fully saturated rings. The highest BCUT2D eigenvalue weighted by molar-refractivity contribution is 5.26. The van der Waals surface area contributed by atoms with Crippen LogP contribution in [0.2, 0.25) is 0 Å². The first-order chi connectivity index (χ1) is 6.22. The van der Waals surface area contributed by atoms with Gasteiger partial charge in [-0.15, -0.1) is 0 Å². The van der Waals surface area contributed by atoms with Gasteiger partial charge in [-0.3, -0.25) is 0 Å². The third-order valence-electron chi connectivity index (χ3n) is 2.82. The summed E-state index contributed by atoms with van der Waals surface area (Å²) >= 11 is 0. The Kier molecular flexibility index (Phi) is 2.06. The normalized spacial score (nSPS) is 26.1. The summed E-state index contributed by atoms with van der Waals surface area (Å²) in [6.07, 6.45) is 2.26. The minimum atomic E-state index is -0.752. The second kappa shape index (κ2) is 3.09. The summed E-state index contributed by atoms with van der Waals surface area (Å²) < 4.78 is 25.4. The summed E-state index contributed by atoms with van der Waals surface area (Å²) in [5.74, 6) is -0.318. The van der Waals surface area contributed by atoms with Crippen molar-refractivity contribution in [3.63, 3.8) is 0 Å². The number of halogens is 2. The molecule has 0 heterocycles. The largest absolute Gasteiger partial charge is 0.204 e. The van der Waals surface area contributed by atoms with E-state index in [2.05, 4.69) is 6.92 Å². The van der Waals surface area contributed by atoms with Crippen LogP contribution < -0.4 is 0 Å². The molecule has 13 heavy (non-hydrogen) atoms. The predicted octanol–water partition coefficient (Wildman–Crippen LogP) is 3.48. The fraction of sp³-hybridized carbons (Fsp3) is 0.455. The molecule has 0 aliphatic heterocycles. The number of benzene rings is 1. The molecule has 0 saturated heterocycles. The molecule has 70 valence electrons. The van der Waals surface area contributed by atoms with Gasteiger partial charge < -0.3 is 0 Å². The Balaban J connectivity index is 2.19. The van der Waals surface area contributed by atoms with Crippen LogP contribution in [0.3, 0.4) is 0 Å². The molecule has 2 heteroatoms. The third-order valence-corrected chi connectivity index (χ3v) is 2.82. The molecule has 0 radical (unpaired) electrons. The van der Waals surface area contributed by atoms with Crippen LogP contribution in [0.5, 0.6) is 0 Å². The van der Waals surface area contributed by atoms with Crippen molar-refractivity contribution in [3.05, 3.63) is 35.4 Å². The molecular weight excluding hydrogens is 170 g/mol. The van der Waals surface area contributed by atoms with E-state index in [9.17, 15) is 8.78 Å². The standard InChI is InChI=1S/C11H12F2/c1-2-7-5-9(7)8-3-4-10(12)11(13)6-8/h3-4,6-7,9H,2,5H2,1H3/t7-,9-/m0/s1. The summed E-state index contributed by atoms with van der Waals surface area (Å²) in [6, 6.07) is 4.24. The third kappa shape index (κ3) is 1.58. The van der Waals surface area contributed by atoms with Crippen LogP contribution in [0.25, 0.3) is 0 Å². The first-order valence-corrected chi connectivity index (χ1v) is 4.67. The predicted molar refractivity (Wildman–Crippen MR) is 47.5 cm³/mol. The molecule has 0 aromatic heterocycles. The lowest BCUT2D eigenvalue weighted by Crippen LogP contribution is -1.88. The highest BCUT2D eigenvalue weighted by atomic mass is 19.2. The molecule has 0 amide bonds. The Labute approximate surface area is 76.6 Å². The van der Waals surface area contributed by atoms with Gasteiger partial charge in [0.05, 0.1) is 0 Å². The minimum absolute atomic E-state index is 0.472. The van der Waals surface area contributed by atoms with E-state index in [1.54, 1.807) is 6.07 Å². The van der Waals surface area contributed by atoms with Gasteiger partial charge in [0, 0.05) is 0 Å². The van der Waals surface area contributed by atoms with E-state index in [1.165, 1.54) is 12.1 Å². The second-order valence-electron chi connectivity index (χ2n) is 3.68. The molecular formula is C11H12F2. The van der Waals surface area contributed by atoms with Gasteiger partial charge in [-0.2, -0.15) is 0 Å². The topological polar surface area (TPSA) is 0 Å². The van der Waals surface area contributed by atoms with Crippen molar-refractivity contribution >= 4 is 0 Å². The number of hydrogen-bond donors (Lipinski definition) is 0. The Morgan fingerprint density at radius 1 is 1.31 bits per heavy atom. The Bertz CT molecular complexity index is 320. The smallest absolute Gasteiger partial charge is 0.159 e. The van der Waals surface area contributed by atoms with Gasteiger partial charge in [-0.05, 0) is 36.0 Å². The van der Waals surface area contributed by atoms with Crippen molar-refractivity contribution in [3.8, 4) is 0 Å². The molecule has 1 aromatic carbocycles. The average molecular weight is 182 g/mol. The van der Waals surface area contributed by atoms with Crippen molar-refractivity contribution < 1.29 is 8.78 Å². The first-order valence-electron chi connectivity index (χ1n) is 4.67. The Hall–Kier alpha value is -0.920. The number of rotatable bonds is 2. The maximum atomic E-state index is 12.8. The lowest BCUT2D eigenvalue weighted by molar-refractivity contribution is 0.507. The van der Waals surface area contributed by atoms with E-state index < -0.39 is 11.6 Å². The number of hydrogen-bond acceptors (Lipinski definition) is 0. The quantitative estimate of drug-likeness (QED) is 0.656. The molecule has 0 spiro atoms. The lowest BCUT2D eigenvalue weighted by Gasteiger charge is -1.99. The van der Waals surface area contributed by atoms with Crippen LogP contribution in [0.1, 0.15) is 31.2 Å². The maximum Gasteiger partial charge on any atom is 0.159 e. The molecule has 2 rings (SSSR count). The van der Waals surface area contributed by atoms with Crippen LogP contribution in [0.4, 0.5) is 8.78 Å². The van der Waals surface area contributed by atoms with Gasteiger partial charge in [-0.1, -0.05) is 19.4 Å². The minimum Gasteiger partial charge on any atom is -0.204 e. The summed E-state index contributed by atoms with van der Waals surface area (Å²) in [6.45, 7) is 2.13. The zero-order valence-corrected chi connectivity index (χ0v) is 7.56. The van der Waals surface area contributed by atoms with E-state index in [4.69, 9.17) is 0 Å². The Morgan fingerprint density at radius 3 is 2.62 bits per heavy atom. The van der Waals surface area contributed by atoms with Gasteiger partial charge in [0.2, 0.25) is 0 Å². The van der Waals surface area contributed by atoms with Crippen molar-refractivity contribution in [2.45, 2.75) is 25.7 Å². The van der Waals surface area contributed by atoms with Gasteiger partial charge in [0.15, 0.2) is 11.6 Å². The lowest BCUT2D eigenvalue weighted by atomic mass is 10.1. The molecule has 0 N–H and O–H groups in total. The van der Waals surface area contributed by atoms with E-state index in [1.807, 2.05) is 0 Å². The van der Waals surface area contributed by atoms with E-state index in [-0.39, 0.29) is 0 Å². The van der Waals surface area contributed by atoms with Crippen LogP contribution in [-0.4, -0.2) is 0 Å². The Morgan fingerprint density at radius 2 is 2.08 bits per heavy atom. The maximum absolute atomic E-state index is 12.8. The average Bonchev–Trinajstić information content (AvgIpc) is 2.88. The summed E-state index contributed by atoms with van der Waals surface area (Å²) in [5.41, 5.74) is 0.950. The fourth-order valence-electron chi connectivity index (χ4n) is 1.85. The first kappa shape index (κ1) is 8.67. The molecule has 1 aliphatic rings. The van der Waals surface area contributed by atoms with Crippen molar-refractivity contribution in [1.29, 1.82) is 0 Å². The summed E-state index contributed by atoms with van der Waals surface area (Å²) in [5, 5.41) is 0. The highest BCUT2D eigenvalue weighted by Gasteiger charge is 2.36. The monoisotopic (exact) mass is 182 g/mol. The highest BCUT2D eigenvalue weighted by Crippen LogP contribution is 2.49. The molecule has 0 nitrogen and oxygen atoms in total. The molecule has 0 unspecified atom stereocenters. The zero-order chi connectivity index (χ0) is 9.42. The molecule has 1 aliphatic carbocycles.